The van der Waals surface area contributed by atoms with Crippen LogP contribution in [0.3, 0.4) is 0 Å². The van der Waals surface area contributed by atoms with Gasteiger partial charge in [-0.2, -0.15) is 0 Å². The Morgan fingerprint density at radius 1 is 1.47 bits per heavy atom. The van der Waals surface area contributed by atoms with Crippen LogP contribution in [-0.2, 0) is 11.2 Å². The number of hydrogen-bond donors (Lipinski definition) is 1. The molecule has 0 aliphatic carbocycles. The minimum absolute atomic E-state index is 0.121. The van der Waals surface area contributed by atoms with Crippen LogP contribution in [-0.4, -0.2) is 34.7 Å². The molecule has 17 heavy (non-hydrogen) atoms. The molecule has 2 N–H and O–H groups in total. The van der Waals surface area contributed by atoms with Crippen molar-refractivity contribution < 1.29 is 9.13 Å². The molecule has 0 fully saturated rings. The Balaban J connectivity index is 2.12. The Hall–Kier alpha value is -0.411. The molecule has 0 aromatic heterocycles. The van der Waals surface area contributed by atoms with Crippen LogP contribution < -0.4 is 10.2 Å². The summed E-state index contributed by atoms with van der Waals surface area (Å²) in [5.74, 6) is -0.121. The molecule has 0 amide bonds. The Morgan fingerprint density at radius 2 is 2.35 bits per heavy atom. The zero-order valence-corrected chi connectivity index (χ0v) is 11.5. The molecule has 1 aromatic carbocycles. The second kappa shape index (κ2) is 6.50. The van der Waals surface area contributed by atoms with Crippen molar-refractivity contribution in [3.63, 3.8) is 0 Å². The Labute approximate surface area is 108 Å². The van der Waals surface area contributed by atoms with Crippen LogP contribution in [0.2, 0.25) is 4.82 Å². The number of hydrogen-bond acceptors (Lipinski definition) is 2. The van der Waals surface area contributed by atoms with E-state index < -0.39 is 0 Å². The van der Waals surface area contributed by atoms with Gasteiger partial charge in [0.15, 0.2) is 0 Å². The summed E-state index contributed by atoms with van der Waals surface area (Å²) in [5, 5.41) is 0. The van der Waals surface area contributed by atoms with Gasteiger partial charge in [-0.05, 0) is 0 Å². The molecule has 1 aliphatic heterocycles. The van der Waals surface area contributed by atoms with Gasteiger partial charge < -0.3 is 0 Å². The van der Waals surface area contributed by atoms with Crippen LogP contribution >= 0.6 is 0 Å². The third-order valence-electron chi connectivity index (χ3n) is 2.87. The fourth-order valence-electron chi connectivity index (χ4n) is 1.94. The number of halogens is 1. The normalized spacial score (nSPS) is 20.5. The molecule has 0 saturated carbocycles. The van der Waals surface area contributed by atoms with Crippen LogP contribution in [0.25, 0.3) is 0 Å². The van der Waals surface area contributed by atoms with E-state index in [0.717, 1.165) is 39.0 Å². The number of ether oxygens (including phenoxy) is 1. The predicted molar refractivity (Wildman–Crippen MR) is 68.3 cm³/mol. The molecule has 94 valence electrons. The molecule has 0 bridgehead atoms. The third-order valence-corrected chi connectivity index (χ3v) is 5.68. The molecular formula is C13H18FNOSe. The third kappa shape index (κ3) is 3.78. The summed E-state index contributed by atoms with van der Waals surface area (Å²) in [6.07, 6.45) is 3.02. The molecule has 4 heteroatoms. The first-order valence-electron chi connectivity index (χ1n) is 6.02. The standard InChI is InChI=1S/C13H18FNOSe/c14-11-4-3-10-5-7-16-9-12(2-1-6-15)17-13(10)8-11/h3-4,8,12H,1-2,5-7,9,15H2. The second-order valence-electron chi connectivity index (χ2n) is 4.25. The van der Waals surface area contributed by atoms with Crippen molar-refractivity contribution in [3.8, 4) is 0 Å². The van der Waals surface area contributed by atoms with E-state index in [1.54, 1.807) is 12.1 Å². The van der Waals surface area contributed by atoms with Gasteiger partial charge in [-0.15, -0.1) is 0 Å². The summed E-state index contributed by atoms with van der Waals surface area (Å²) in [4.78, 5) is 0.534. The van der Waals surface area contributed by atoms with Crippen molar-refractivity contribution in [2.75, 3.05) is 19.8 Å². The van der Waals surface area contributed by atoms with E-state index in [4.69, 9.17) is 10.5 Å². The summed E-state index contributed by atoms with van der Waals surface area (Å²) in [6, 6.07) is 5.16. The van der Waals surface area contributed by atoms with Gasteiger partial charge in [0.25, 0.3) is 0 Å². The zero-order chi connectivity index (χ0) is 12.1. The maximum absolute atomic E-state index is 13.3. The summed E-state index contributed by atoms with van der Waals surface area (Å²) in [5.41, 5.74) is 6.79. The van der Waals surface area contributed by atoms with E-state index in [2.05, 4.69) is 0 Å². The topological polar surface area (TPSA) is 35.2 Å². The van der Waals surface area contributed by atoms with Gasteiger partial charge in [0, 0.05) is 0 Å². The molecule has 1 aromatic rings. The van der Waals surface area contributed by atoms with E-state index >= 15 is 0 Å². The van der Waals surface area contributed by atoms with Crippen LogP contribution in [0.1, 0.15) is 18.4 Å². The first kappa shape index (κ1) is 13.0. The van der Waals surface area contributed by atoms with Crippen molar-refractivity contribution in [3.05, 3.63) is 29.6 Å². The first-order valence-corrected chi connectivity index (χ1v) is 7.87. The van der Waals surface area contributed by atoms with Gasteiger partial charge >= 0.3 is 108 Å². The van der Waals surface area contributed by atoms with Crippen LogP contribution in [0, 0.1) is 5.82 Å². The molecule has 2 rings (SSSR count). The summed E-state index contributed by atoms with van der Waals surface area (Å²) in [6.45, 7) is 2.27. The van der Waals surface area contributed by atoms with Gasteiger partial charge in [0.05, 0.1) is 0 Å². The monoisotopic (exact) mass is 303 g/mol. The molecule has 1 atom stereocenters. The quantitative estimate of drug-likeness (QED) is 0.853. The summed E-state index contributed by atoms with van der Waals surface area (Å²) in [7, 11) is 0. The van der Waals surface area contributed by atoms with Gasteiger partial charge in [-0.1, -0.05) is 0 Å². The average Bonchev–Trinajstić information content (AvgIpc) is 2.29. The Morgan fingerprint density at radius 3 is 3.18 bits per heavy atom. The van der Waals surface area contributed by atoms with Crippen LogP contribution in [0.5, 0.6) is 0 Å². The summed E-state index contributed by atoms with van der Waals surface area (Å²) < 4.78 is 20.1. The molecule has 1 aliphatic rings. The van der Waals surface area contributed by atoms with Gasteiger partial charge in [0.1, 0.15) is 0 Å². The molecule has 2 nitrogen and oxygen atoms in total. The van der Waals surface area contributed by atoms with Gasteiger partial charge in [-0.3, -0.25) is 0 Å². The van der Waals surface area contributed by atoms with E-state index in [-0.39, 0.29) is 5.82 Å². The molecular weight excluding hydrogens is 284 g/mol. The van der Waals surface area contributed by atoms with Crippen molar-refractivity contribution in [1.29, 1.82) is 0 Å². The van der Waals surface area contributed by atoms with Crippen molar-refractivity contribution in [2.45, 2.75) is 24.1 Å². The summed E-state index contributed by atoms with van der Waals surface area (Å²) >= 11 is 0.299. The fourth-order valence-corrected chi connectivity index (χ4v) is 4.69. The predicted octanol–water partition coefficient (Wildman–Crippen LogP) is 1.26. The molecule has 1 heterocycles. The first-order chi connectivity index (χ1) is 8.29. The fraction of sp³-hybridized carbons (Fsp3) is 0.538. The molecule has 0 saturated heterocycles. The maximum atomic E-state index is 13.3. The number of fused-ring (bicyclic) bond motifs is 1. The van der Waals surface area contributed by atoms with E-state index in [9.17, 15) is 4.39 Å². The molecule has 1 unspecified atom stereocenters. The van der Waals surface area contributed by atoms with Crippen molar-refractivity contribution in [1.82, 2.24) is 0 Å². The zero-order valence-electron chi connectivity index (χ0n) is 9.82. The number of rotatable bonds is 3. The van der Waals surface area contributed by atoms with E-state index in [1.807, 2.05) is 6.07 Å². The van der Waals surface area contributed by atoms with E-state index in [0.29, 0.717) is 19.8 Å². The van der Waals surface area contributed by atoms with Crippen LogP contribution in [0.4, 0.5) is 4.39 Å². The second-order valence-corrected chi connectivity index (χ2v) is 7.06. The van der Waals surface area contributed by atoms with Crippen LogP contribution in [0.15, 0.2) is 18.2 Å². The molecule has 0 spiro atoms. The SMILES string of the molecule is NCCCC1COCCc2ccc(F)cc2[Se]1. The Kier molecular flexibility index (Phi) is 4.98. The number of nitrogens with two attached hydrogens (primary N) is 1. The Bertz CT molecular complexity index is 372. The van der Waals surface area contributed by atoms with Gasteiger partial charge in [0.2, 0.25) is 0 Å². The van der Waals surface area contributed by atoms with Crippen molar-refractivity contribution >= 4 is 19.4 Å². The molecule has 0 radical (unpaired) electrons. The average molecular weight is 302 g/mol. The van der Waals surface area contributed by atoms with Crippen molar-refractivity contribution in [2.24, 2.45) is 5.73 Å². The van der Waals surface area contributed by atoms with E-state index in [1.165, 1.54) is 10.0 Å². The number of benzene rings is 1. The minimum atomic E-state index is -0.121. The van der Waals surface area contributed by atoms with Gasteiger partial charge in [-0.25, -0.2) is 0 Å².